The summed E-state index contributed by atoms with van der Waals surface area (Å²) >= 11 is 0. The van der Waals surface area contributed by atoms with Gasteiger partial charge in [0.2, 0.25) is 0 Å². The Morgan fingerprint density at radius 2 is 2.12 bits per heavy atom. The van der Waals surface area contributed by atoms with Gasteiger partial charge < -0.3 is 16.2 Å². The summed E-state index contributed by atoms with van der Waals surface area (Å²) in [7, 11) is 1.85. The molecule has 0 saturated carbocycles. The largest absolute Gasteiger partial charge is 0.394 e. The normalized spacial score (nSPS) is 14.6. The number of hydrogen-bond acceptors (Lipinski definition) is 4. The first kappa shape index (κ1) is 13.8. The van der Waals surface area contributed by atoms with Crippen LogP contribution in [-0.4, -0.2) is 27.0 Å². The molecule has 0 bridgehead atoms. The van der Waals surface area contributed by atoms with Gasteiger partial charge in [0.1, 0.15) is 5.82 Å². The van der Waals surface area contributed by atoms with E-state index in [-0.39, 0.29) is 0 Å². The molecule has 17 heavy (non-hydrogen) atoms. The molecule has 0 aromatic carbocycles. The second-order valence-electron chi connectivity index (χ2n) is 4.79. The van der Waals surface area contributed by atoms with Crippen LogP contribution < -0.4 is 11.1 Å². The molecule has 1 rings (SSSR count). The zero-order valence-corrected chi connectivity index (χ0v) is 11.2. The lowest BCUT2D eigenvalue weighted by Crippen LogP contribution is -2.33. The predicted octanol–water partition coefficient (Wildman–Crippen LogP) is 1.53. The van der Waals surface area contributed by atoms with Gasteiger partial charge in [-0.15, -0.1) is 0 Å². The summed E-state index contributed by atoms with van der Waals surface area (Å²) in [6.07, 6.45) is 2.53. The topological polar surface area (TPSA) is 76.1 Å². The Hall–Kier alpha value is -1.23. The molecule has 0 aliphatic rings. The van der Waals surface area contributed by atoms with Crippen molar-refractivity contribution in [3.8, 4) is 0 Å². The molecule has 0 spiro atoms. The number of nitrogen functional groups attached to an aromatic ring is 1. The Kier molecular flexibility index (Phi) is 4.40. The van der Waals surface area contributed by atoms with Crippen molar-refractivity contribution < 1.29 is 5.11 Å². The first-order chi connectivity index (χ1) is 7.91. The van der Waals surface area contributed by atoms with Gasteiger partial charge in [0, 0.05) is 13.6 Å². The van der Waals surface area contributed by atoms with Crippen LogP contribution >= 0.6 is 0 Å². The maximum absolute atomic E-state index is 10.1. The van der Waals surface area contributed by atoms with Crippen LogP contribution in [0, 0.1) is 0 Å². The van der Waals surface area contributed by atoms with Gasteiger partial charge in [0.25, 0.3) is 0 Å². The highest BCUT2D eigenvalue weighted by molar-refractivity contribution is 5.65. The van der Waals surface area contributed by atoms with Crippen LogP contribution in [0.4, 0.5) is 11.5 Å². The third-order valence-electron chi connectivity index (χ3n) is 2.92. The van der Waals surface area contributed by atoms with Crippen LogP contribution in [0.5, 0.6) is 0 Å². The van der Waals surface area contributed by atoms with Gasteiger partial charge in [-0.3, -0.25) is 4.68 Å². The Balaban J connectivity index is 2.72. The van der Waals surface area contributed by atoms with Gasteiger partial charge in [-0.2, -0.15) is 5.10 Å². The summed E-state index contributed by atoms with van der Waals surface area (Å²) in [5.41, 5.74) is 6.86. The first-order valence-electron chi connectivity index (χ1n) is 6.19. The predicted molar refractivity (Wildman–Crippen MR) is 71.0 cm³/mol. The molecule has 98 valence electrons. The number of anilines is 2. The van der Waals surface area contributed by atoms with Crippen LogP contribution in [-0.2, 0) is 13.5 Å². The van der Waals surface area contributed by atoms with Crippen molar-refractivity contribution in [3.63, 3.8) is 0 Å². The quantitative estimate of drug-likeness (QED) is 0.705. The van der Waals surface area contributed by atoms with Crippen LogP contribution in [0.1, 0.15) is 39.3 Å². The highest BCUT2D eigenvalue weighted by Gasteiger charge is 2.20. The molecule has 0 radical (unpaired) electrons. The van der Waals surface area contributed by atoms with Gasteiger partial charge in [0.15, 0.2) is 0 Å². The fourth-order valence-corrected chi connectivity index (χ4v) is 1.97. The minimum absolute atomic E-state index is 0.480. The number of nitrogens with two attached hydrogens (primary N) is 1. The van der Waals surface area contributed by atoms with Gasteiger partial charge in [-0.25, -0.2) is 0 Å². The number of rotatable bonds is 6. The fourth-order valence-electron chi connectivity index (χ4n) is 1.97. The average molecular weight is 240 g/mol. The number of aliphatic hydroxyl groups is 1. The van der Waals surface area contributed by atoms with E-state index in [0.717, 1.165) is 30.8 Å². The molecule has 4 N–H and O–H groups in total. The SMILES string of the molecule is CCCC(C)(O)CNc1c(N)c(CC)nn1C. The molecule has 0 amide bonds. The Bertz CT molecular complexity index is 371. The maximum Gasteiger partial charge on any atom is 0.147 e. The third-order valence-corrected chi connectivity index (χ3v) is 2.92. The lowest BCUT2D eigenvalue weighted by atomic mass is 10.0. The van der Waals surface area contributed by atoms with E-state index in [9.17, 15) is 5.11 Å². The minimum atomic E-state index is -0.710. The number of aryl methyl sites for hydroxylation is 2. The minimum Gasteiger partial charge on any atom is -0.394 e. The summed E-state index contributed by atoms with van der Waals surface area (Å²) in [5.74, 6) is 0.790. The molecule has 0 aliphatic carbocycles. The highest BCUT2D eigenvalue weighted by atomic mass is 16.3. The standard InChI is InChI=1S/C12H24N4O/c1-5-7-12(3,17)8-14-11-10(13)9(6-2)15-16(11)4/h14,17H,5-8,13H2,1-4H3. The van der Waals surface area contributed by atoms with Gasteiger partial charge in [0.05, 0.1) is 17.0 Å². The number of nitrogens with zero attached hydrogens (tertiary/aromatic N) is 2. The van der Waals surface area contributed by atoms with Crippen LogP contribution in [0.25, 0.3) is 0 Å². The molecule has 0 saturated heterocycles. The number of aromatic nitrogens is 2. The van der Waals surface area contributed by atoms with Crippen molar-refractivity contribution in [2.75, 3.05) is 17.6 Å². The maximum atomic E-state index is 10.1. The molecular formula is C12H24N4O. The Labute approximate surface area is 103 Å². The van der Waals surface area contributed by atoms with E-state index in [1.165, 1.54) is 0 Å². The molecule has 1 unspecified atom stereocenters. The molecular weight excluding hydrogens is 216 g/mol. The lowest BCUT2D eigenvalue weighted by Gasteiger charge is -2.23. The number of hydrogen-bond donors (Lipinski definition) is 3. The van der Waals surface area contributed by atoms with Crippen LogP contribution in [0.15, 0.2) is 0 Å². The summed E-state index contributed by atoms with van der Waals surface area (Å²) in [6, 6.07) is 0. The average Bonchev–Trinajstić information content (AvgIpc) is 2.51. The van der Waals surface area contributed by atoms with Crippen molar-refractivity contribution in [1.82, 2.24) is 9.78 Å². The fraction of sp³-hybridized carbons (Fsp3) is 0.750. The van der Waals surface area contributed by atoms with Crippen LogP contribution in [0.3, 0.4) is 0 Å². The van der Waals surface area contributed by atoms with Gasteiger partial charge in [-0.05, 0) is 19.8 Å². The molecule has 5 heteroatoms. The first-order valence-corrected chi connectivity index (χ1v) is 6.19. The molecule has 5 nitrogen and oxygen atoms in total. The van der Waals surface area contributed by atoms with E-state index >= 15 is 0 Å². The lowest BCUT2D eigenvalue weighted by molar-refractivity contribution is 0.0635. The van der Waals surface area contributed by atoms with Crippen molar-refractivity contribution in [2.45, 2.75) is 45.6 Å². The zero-order valence-electron chi connectivity index (χ0n) is 11.2. The summed E-state index contributed by atoms with van der Waals surface area (Å²) in [4.78, 5) is 0. The second kappa shape index (κ2) is 5.40. The molecule has 0 aliphatic heterocycles. The molecule has 1 aromatic rings. The summed E-state index contributed by atoms with van der Waals surface area (Å²) in [6.45, 7) is 6.39. The van der Waals surface area contributed by atoms with Crippen molar-refractivity contribution in [1.29, 1.82) is 0 Å². The molecule has 1 atom stereocenters. The summed E-state index contributed by atoms with van der Waals surface area (Å²) < 4.78 is 1.73. The van der Waals surface area contributed by atoms with E-state index in [2.05, 4.69) is 17.3 Å². The molecule has 1 aromatic heterocycles. The van der Waals surface area contributed by atoms with Crippen molar-refractivity contribution in [2.24, 2.45) is 7.05 Å². The number of nitrogens with one attached hydrogen (secondary N) is 1. The van der Waals surface area contributed by atoms with Crippen molar-refractivity contribution >= 4 is 11.5 Å². The van der Waals surface area contributed by atoms with E-state index in [1.54, 1.807) is 4.68 Å². The third kappa shape index (κ3) is 3.36. The van der Waals surface area contributed by atoms with Crippen LogP contribution in [0.2, 0.25) is 0 Å². The molecule has 1 heterocycles. The second-order valence-corrected chi connectivity index (χ2v) is 4.79. The Morgan fingerprint density at radius 1 is 1.47 bits per heavy atom. The van der Waals surface area contributed by atoms with E-state index in [4.69, 9.17) is 5.73 Å². The smallest absolute Gasteiger partial charge is 0.147 e. The van der Waals surface area contributed by atoms with Gasteiger partial charge >= 0.3 is 0 Å². The van der Waals surface area contributed by atoms with E-state index in [0.29, 0.717) is 12.2 Å². The van der Waals surface area contributed by atoms with Crippen molar-refractivity contribution in [3.05, 3.63) is 5.69 Å². The summed E-state index contributed by atoms with van der Waals surface area (Å²) in [5, 5.41) is 17.6. The highest BCUT2D eigenvalue weighted by Crippen LogP contribution is 2.23. The Morgan fingerprint density at radius 3 is 2.59 bits per heavy atom. The van der Waals surface area contributed by atoms with E-state index in [1.807, 2.05) is 20.9 Å². The monoisotopic (exact) mass is 240 g/mol. The molecule has 0 fully saturated rings. The van der Waals surface area contributed by atoms with Gasteiger partial charge in [-0.1, -0.05) is 20.3 Å². The zero-order chi connectivity index (χ0) is 13.1. The van der Waals surface area contributed by atoms with E-state index < -0.39 is 5.60 Å².